The summed E-state index contributed by atoms with van der Waals surface area (Å²) < 4.78 is 62.0. The highest BCUT2D eigenvalue weighted by Gasteiger charge is 2.42. The average molecular weight is 451 g/mol. The third-order valence-electron chi connectivity index (χ3n) is 5.50. The maximum Gasteiger partial charge on any atom is 0.339 e. The van der Waals surface area contributed by atoms with Crippen LogP contribution in [0.2, 0.25) is 5.02 Å². The zero-order valence-corrected chi connectivity index (χ0v) is 17.6. The molecule has 0 saturated heterocycles. The van der Waals surface area contributed by atoms with Gasteiger partial charge in [0.1, 0.15) is 11.3 Å². The smallest absolute Gasteiger partial charge is 0.339 e. The number of carbonyl (C=O) groups is 1. The molecule has 1 unspecified atom stereocenters. The lowest BCUT2D eigenvalue weighted by Gasteiger charge is -2.32. The van der Waals surface area contributed by atoms with Crippen LogP contribution in [0.1, 0.15) is 73.1 Å². The van der Waals surface area contributed by atoms with Crippen LogP contribution in [0.3, 0.4) is 0 Å². The van der Waals surface area contributed by atoms with Gasteiger partial charge in [-0.05, 0) is 38.7 Å². The van der Waals surface area contributed by atoms with Crippen LogP contribution in [0.15, 0.2) is 6.07 Å². The van der Waals surface area contributed by atoms with Crippen LogP contribution < -0.4 is 0 Å². The van der Waals surface area contributed by atoms with Crippen molar-refractivity contribution in [2.75, 3.05) is 6.61 Å². The molecule has 0 aromatic carbocycles. The van der Waals surface area contributed by atoms with Gasteiger partial charge in [-0.25, -0.2) is 18.6 Å². The van der Waals surface area contributed by atoms with Gasteiger partial charge in [0.25, 0.3) is 5.92 Å². The minimum absolute atomic E-state index is 0.00772. The summed E-state index contributed by atoms with van der Waals surface area (Å²) in [5.41, 5.74) is -0.685. The molecule has 166 valence electrons. The Morgan fingerprint density at radius 2 is 2.03 bits per heavy atom. The number of aliphatic hydroxyl groups is 1. The Labute approximate surface area is 176 Å². The highest BCUT2D eigenvalue weighted by atomic mass is 35.5. The van der Waals surface area contributed by atoms with Gasteiger partial charge in [0, 0.05) is 25.5 Å². The molecule has 2 heterocycles. The zero-order chi connectivity index (χ0) is 22.4. The van der Waals surface area contributed by atoms with Gasteiger partial charge in [0.05, 0.1) is 29.0 Å². The number of hydrogen-bond acceptors (Lipinski definition) is 4. The maximum absolute atomic E-state index is 14.4. The normalized spacial score (nSPS) is 18.6. The summed E-state index contributed by atoms with van der Waals surface area (Å²) in [6.07, 6.45) is -2.31. The first kappa shape index (κ1) is 22.8. The van der Waals surface area contributed by atoms with Crippen LogP contribution in [0.25, 0.3) is 5.65 Å². The van der Waals surface area contributed by atoms with E-state index in [1.165, 1.54) is 17.4 Å². The molecule has 30 heavy (non-hydrogen) atoms. The molecule has 1 fully saturated rings. The summed E-state index contributed by atoms with van der Waals surface area (Å²) >= 11 is 6.31. The van der Waals surface area contributed by atoms with Crippen LogP contribution in [0, 0.1) is 12.8 Å². The number of pyridine rings is 1. The summed E-state index contributed by atoms with van der Waals surface area (Å²) in [4.78, 5) is 16.2. The van der Waals surface area contributed by atoms with Crippen molar-refractivity contribution in [2.24, 2.45) is 5.92 Å². The summed E-state index contributed by atoms with van der Waals surface area (Å²) in [5.74, 6) is -7.59. The van der Waals surface area contributed by atoms with Crippen molar-refractivity contribution in [1.82, 2.24) is 9.38 Å². The predicted molar refractivity (Wildman–Crippen MR) is 102 cm³/mol. The highest BCUT2D eigenvalue weighted by molar-refractivity contribution is 6.34. The number of aryl methyl sites for hydroxylation is 1. The van der Waals surface area contributed by atoms with E-state index in [0.717, 1.165) is 0 Å². The van der Waals surface area contributed by atoms with Gasteiger partial charge in [0.2, 0.25) is 5.92 Å². The molecular formula is C20H23ClF4N2O3. The predicted octanol–water partition coefficient (Wildman–Crippen LogP) is 5.44. The van der Waals surface area contributed by atoms with Crippen LogP contribution in [0.5, 0.6) is 0 Å². The number of aliphatic hydroxyl groups excluding tert-OH is 1. The van der Waals surface area contributed by atoms with Gasteiger partial charge in [0.15, 0.2) is 0 Å². The molecule has 3 rings (SSSR count). The van der Waals surface area contributed by atoms with Crippen molar-refractivity contribution in [3.63, 3.8) is 0 Å². The molecule has 1 aliphatic carbocycles. The van der Waals surface area contributed by atoms with Crippen molar-refractivity contribution >= 4 is 23.2 Å². The van der Waals surface area contributed by atoms with Crippen molar-refractivity contribution in [2.45, 2.75) is 64.4 Å². The lowest BCUT2D eigenvalue weighted by molar-refractivity contribution is -0.0646. The maximum atomic E-state index is 14.4. The Bertz CT molecular complexity index is 961. The Hall–Kier alpha value is -1.87. The highest BCUT2D eigenvalue weighted by Crippen LogP contribution is 2.44. The van der Waals surface area contributed by atoms with Crippen LogP contribution >= 0.6 is 11.6 Å². The molecule has 2 aromatic rings. The van der Waals surface area contributed by atoms with Gasteiger partial charge in [-0.15, -0.1) is 0 Å². The Morgan fingerprint density at radius 3 is 2.57 bits per heavy atom. The van der Waals surface area contributed by atoms with Gasteiger partial charge in [-0.3, -0.25) is 4.40 Å². The minimum Gasteiger partial charge on any atom is -0.462 e. The summed E-state index contributed by atoms with van der Waals surface area (Å²) in [6, 6.07) is 1.23. The van der Waals surface area contributed by atoms with E-state index in [-0.39, 0.29) is 47.1 Å². The molecule has 1 aliphatic rings. The second-order valence-electron chi connectivity index (χ2n) is 7.74. The van der Waals surface area contributed by atoms with E-state index in [0.29, 0.717) is 6.92 Å². The Balaban J connectivity index is 2.17. The largest absolute Gasteiger partial charge is 0.462 e. The molecule has 0 aliphatic heterocycles. The lowest BCUT2D eigenvalue weighted by atomic mass is 9.81. The number of alkyl halides is 4. The van der Waals surface area contributed by atoms with Gasteiger partial charge in [-0.2, -0.15) is 8.78 Å². The number of fused-ring (bicyclic) bond motifs is 1. The Kier molecular flexibility index (Phi) is 6.08. The third kappa shape index (κ3) is 4.14. The molecule has 10 heteroatoms. The van der Waals surface area contributed by atoms with Gasteiger partial charge >= 0.3 is 5.97 Å². The molecule has 5 nitrogen and oxygen atoms in total. The number of nitrogens with zero attached hydrogens (tertiary/aromatic N) is 2. The molecule has 0 bridgehead atoms. The summed E-state index contributed by atoms with van der Waals surface area (Å²) in [6.45, 7) is 3.86. The number of carbonyl (C=O) groups excluding carboxylic acids is 1. The summed E-state index contributed by atoms with van der Waals surface area (Å²) in [7, 11) is 0. The molecule has 1 atom stereocenters. The molecule has 1 saturated carbocycles. The van der Waals surface area contributed by atoms with E-state index < -0.39 is 48.4 Å². The quantitative estimate of drug-likeness (QED) is 0.486. The SMILES string of the molecule is CCOC(=O)c1cc2nc(C(C)(F)F)c(C(O)C3CCC(F)(F)CC3)n2c(C)c1Cl. The van der Waals surface area contributed by atoms with E-state index >= 15 is 0 Å². The van der Waals surface area contributed by atoms with Crippen molar-refractivity contribution in [3.05, 3.63) is 33.7 Å². The number of rotatable bonds is 5. The molecule has 1 N–H and O–H groups in total. The molecule has 0 radical (unpaired) electrons. The number of esters is 1. The van der Waals surface area contributed by atoms with E-state index in [9.17, 15) is 27.5 Å². The first-order valence-corrected chi connectivity index (χ1v) is 10.1. The topological polar surface area (TPSA) is 63.8 Å². The fraction of sp³-hybridized carbons (Fsp3) is 0.600. The van der Waals surface area contributed by atoms with E-state index in [2.05, 4.69) is 4.98 Å². The van der Waals surface area contributed by atoms with Crippen LogP contribution in [-0.2, 0) is 10.7 Å². The first-order chi connectivity index (χ1) is 13.9. The number of aromatic nitrogens is 2. The average Bonchev–Trinajstić information content (AvgIpc) is 3.04. The standard InChI is InChI=1S/C20H23ClF4N2O3/c1-4-30-18(29)12-9-13-26-17(19(3,22)23)15(27(13)10(2)14(12)21)16(28)11-5-7-20(24,25)8-6-11/h9,11,16,28H,4-8H2,1-3H3. The fourth-order valence-electron chi connectivity index (χ4n) is 3.94. The molecular weight excluding hydrogens is 428 g/mol. The van der Waals surface area contributed by atoms with Gasteiger partial charge < -0.3 is 9.84 Å². The minimum atomic E-state index is -3.41. The first-order valence-electron chi connectivity index (χ1n) is 9.70. The third-order valence-corrected chi connectivity index (χ3v) is 5.98. The van der Waals surface area contributed by atoms with E-state index in [4.69, 9.17) is 16.3 Å². The van der Waals surface area contributed by atoms with E-state index in [1.807, 2.05) is 0 Å². The van der Waals surface area contributed by atoms with Crippen molar-refractivity contribution < 1.29 is 32.2 Å². The number of hydrogen-bond donors (Lipinski definition) is 1. The monoisotopic (exact) mass is 450 g/mol. The Morgan fingerprint density at radius 1 is 1.43 bits per heavy atom. The summed E-state index contributed by atoms with van der Waals surface area (Å²) in [5, 5.41) is 10.9. The lowest BCUT2D eigenvalue weighted by Crippen LogP contribution is -2.29. The zero-order valence-electron chi connectivity index (χ0n) is 16.8. The number of imidazole rings is 1. The van der Waals surface area contributed by atoms with Gasteiger partial charge in [-0.1, -0.05) is 11.6 Å². The van der Waals surface area contributed by atoms with Crippen LogP contribution in [0.4, 0.5) is 17.6 Å². The van der Waals surface area contributed by atoms with Crippen molar-refractivity contribution in [3.8, 4) is 0 Å². The van der Waals surface area contributed by atoms with Crippen LogP contribution in [-0.4, -0.2) is 33.0 Å². The second kappa shape index (κ2) is 8.00. The van der Waals surface area contributed by atoms with E-state index in [1.54, 1.807) is 6.92 Å². The molecule has 0 spiro atoms. The second-order valence-corrected chi connectivity index (χ2v) is 8.12. The molecule has 2 aromatic heterocycles. The molecule has 0 amide bonds. The number of halogens is 5. The van der Waals surface area contributed by atoms with Crippen molar-refractivity contribution in [1.29, 1.82) is 0 Å². The number of ether oxygens (including phenoxy) is 1. The fourth-order valence-corrected chi connectivity index (χ4v) is 4.16.